The molecule has 53 heavy (non-hydrogen) atoms. The number of aromatic nitrogens is 8. The summed E-state index contributed by atoms with van der Waals surface area (Å²) < 4.78 is 0. The largest absolute Gasteiger partial charge is 2.00 e. The second-order valence-electron chi connectivity index (χ2n) is 9.66. The first kappa shape index (κ1) is 41.8. The Balaban J connectivity index is 0.000000228. The van der Waals surface area contributed by atoms with E-state index in [0.717, 1.165) is 45.6 Å². The first-order valence-electron chi connectivity index (χ1n) is 15.2. The van der Waals surface area contributed by atoms with Gasteiger partial charge in [-0.05, 0) is 0 Å². The van der Waals surface area contributed by atoms with Crippen LogP contribution in [0.2, 0.25) is 0 Å². The van der Waals surface area contributed by atoms with Crippen LogP contribution in [0.4, 0.5) is 0 Å². The number of hydrogen-bond acceptors (Lipinski definition) is 10. The summed E-state index contributed by atoms with van der Waals surface area (Å²) in [5.41, 5.74) is 4.49. The maximum atomic E-state index is 8.25. The van der Waals surface area contributed by atoms with Gasteiger partial charge < -0.3 is 50.6 Å². The Bertz CT molecular complexity index is 1740. The molecule has 17 heteroatoms. The number of H-pyrrole nitrogens is 4. The summed E-state index contributed by atoms with van der Waals surface area (Å²) in [4.78, 5) is 45.2. The number of nitrogens with one attached hydrogen (secondary N) is 4. The molecule has 4 aromatic carbocycles. The third kappa shape index (κ3) is 17.2. The zero-order chi connectivity index (χ0) is 37.2. The van der Waals surface area contributed by atoms with Crippen LogP contribution in [0.1, 0.15) is 0 Å². The van der Waals surface area contributed by atoms with E-state index in [0.29, 0.717) is 0 Å². The molecule has 8 aromatic rings. The van der Waals surface area contributed by atoms with Crippen molar-refractivity contribution >= 4 is 0 Å². The van der Waals surface area contributed by atoms with Crippen LogP contribution in [0.5, 0.6) is 0 Å². The van der Waals surface area contributed by atoms with Gasteiger partial charge >= 0.3 is 17.1 Å². The molecule has 1 radical (unpaired) electrons. The Kier molecular flexibility index (Phi) is 19.5. The molecule has 0 amide bonds. The predicted octanol–water partition coefficient (Wildman–Crippen LogP) is 7.83. The van der Waals surface area contributed by atoms with E-state index in [1.54, 1.807) is 24.8 Å². The number of nitrogens with zero attached hydrogens (tertiary/aromatic N) is 6. The molecular weight excluding hydrogens is 732 g/mol. The van der Waals surface area contributed by atoms with Crippen molar-refractivity contribution in [3.63, 3.8) is 0 Å². The molecule has 4 aromatic heterocycles. The molecule has 0 saturated carbocycles. The summed E-state index contributed by atoms with van der Waals surface area (Å²) in [6.45, 7) is 0. The van der Waals surface area contributed by atoms with Crippen LogP contribution in [0.3, 0.4) is 0 Å². The zero-order valence-corrected chi connectivity index (χ0v) is 28.5. The quantitative estimate of drug-likeness (QED) is 0.0768. The standard InChI is InChI=1S/4C9H8N2.Cu.2NO3/c4*1-2-4-8(5-3-1)9-10-6-7-11-9;;2*2-1(3)4/h4*1-7H,(H,10,11);;;/q;;;;+2;2*-1. The number of aromatic amines is 4. The number of hydrogen-bond donors (Lipinski definition) is 4. The van der Waals surface area contributed by atoms with Crippen LogP contribution >= 0.6 is 0 Å². The summed E-state index contributed by atoms with van der Waals surface area (Å²) in [5.74, 6) is 3.69. The molecule has 0 bridgehead atoms. The van der Waals surface area contributed by atoms with Gasteiger partial charge in [0.25, 0.3) is 0 Å². The average molecular weight is 764 g/mol. The molecule has 0 saturated heterocycles. The van der Waals surface area contributed by atoms with Crippen molar-refractivity contribution in [3.05, 3.63) is 202 Å². The fourth-order valence-electron chi connectivity index (χ4n) is 4.08. The maximum absolute atomic E-state index is 8.25. The normalized spacial score (nSPS) is 9.06. The van der Waals surface area contributed by atoms with Crippen LogP contribution in [-0.2, 0) is 17.1 Å². The van der Waals surface area contributed by atoms with Gasteiger partial charge in [-0.15, -0.1) is 0 Å². The average Bonchev–Trinajstić information content (AvgIpc) is 4.02. The summed E-state index contributed by atoms with van der Waals surface area (Å²) in [6.07, 6.45) is 14.3. The molecule has 0 fully saturated rings. The molecular formula is C36H32CuN10O6. The molecule has 0 spiro atoms. The van der Waals surface area contributed by atoms with E-state index in [1.165, 1.54) is 0 Å². The molecule has 8 rings (SSSR count). The molecule has 0 unspecified atom stereocenters. The molecule has 273 valence electrons. The third-order valence-electron chi connectivity index (χ3n) is 6.18. The van der Waals surface area contributed by atoms with Gasteiger partial charge in [0.05, 0.1) is 10.2 Å². The van der Waals surface area contributed by atoms with Gasteiger partial charge in [0.15, 0.2) is 0 Å². The van der Waals surface area contributed by atoms with Crippen LogP contribution in [0.25, 0.3) is 45.6 Å². The van der Waals surface area contributed by atoms with Crippen molar-refractivity contribution in [3.8, 4) is 45.6 Å². The summed E-state index contributed by atoms with van der Waals surface area (Å²) in [6, 6.07) is 40.2. The van der Waals surface area contributed by atoms with Gasteiger partial charge in [-0.1, -0.05) is 121 Å². The first-order chi connectivity index (χ1) is 25.3. The van der Waals surface area contributed by atoms with Crippen LogP contribution in [0, 0.1) is 30.6 Å². The van der Waals surface area contributed by atoms with E-state index in [4.69, 9.17) is 30.6 Å². The Labute approximate surface area is 313 Å². The van der Waals surface area contributed by atoms with E-state index in [9.17, 15) is 0 Å². The van der Waals surface area contributed by atoms with Gasteiger partial charge in [-0.3, -0.25) is 0 Å². The second kappa shape index (κ2) is 24.7. The monoisotopic (exact) mass is 763 g/mol. The van der Waals surface area contributed by atoms with Crippen LogP contribution in [-0.4, -0.2) is 50.0 Å². The molecule has 16 nitrogen and oxygen atoms in total. The van der Waals surface area contributed by atoms with Crippen molar-refractivity contribution in [2.45, 2.75) is 0 Å². The number of benzene rings is 4. The van der Waals surface area contributed by atoms with Crippen molar-refractivity contribution in [1.82, 2.24) is 39.9 Å². The molecule has 0 aliphatic carbocycles. The van der Waals surface area contributed by atoms with Crippen molar-refractivity contribution in [2.75, 3.05) is 0 Å². The summed E-state index contributed by atoms with van der Waals surface area (Å²) >= 11 is 0. The maximum Gasteiger partial charge on any atom is 2.00 e. The third-order valence-corrected chi connectivity index (χ3v) is 6.18. The number of rotatable bonds is 4. The zero-order valence-electron chi connectivity index (χ0n) is 27.6. The Morgan fingerprint density at radius 2 is 0.528 bits per heavy atom. The molecule has 4 heterocycles. The summed E-state index contributed by atoms with van der Waals surface area (Å²) in [7, 11) is 0. The van der Waals surface area contributed by atoms with Gasteiger partial charge in [0.2, 0.25) is 0 Å². The van der Waals surface area contributed by atoms with Gasteiger partial charge in [0.1, 0.15) is 23.3 Å². The predicted molar refractivity (Wildman–Crippen MR) is 197 cm³/mol. The molecule has 0 atom stereocenters. The Morgan fingerprint density at radius 3 is 0.660 bits per heavy atom. The fourth-order valence-corrected chi connectivity index (χ4v) is 4.08. The first-order valence-corrected chi connectivity index (χ1v) is 15.2. The van der Waals surface area contributed by atoms with Crippen molar-refractivity contribution < 1.29 is 27.2 Å². The fraction of sp³-hybridized carbons (Fsp3) is 0. The second-order valence-corrected chi connectivity index (χ2v) is 9.66. The Morgan fingerprint density at radius 1 is 0.358 bits per heavy atom. The van der Waals surface area contributed by atoms with Crippen LogP contribution < -0.4 is 0 Å². The van der Waals surface area contributed by atoms with E-state index in [-0.39, 0.29) is 17.1 Å². The van der Waals surface area contributed by atoms with E-state index < -0.39 is 10.2 Å². The van der Waals surface area contributed by atoms with Gasteiger partial charge in [-0.2, -0.15) is 0 Å². The minimum Gasteiger partial charge on any atom is -0.356 e. The minimum atomic E-state index is -1.75. The van der Waals surface area contributed by atoms with Gasteiger partial charge in [-0.25, -0.2) is 19.9 Å². The smallest absolute Gasteiger partial charge is 0.356 e. The molecule has 4 N–H and O–H groups in total. The number of imidazole rings is 4. The SMILES string of the molecule is O=[N+]([O-])[O-].O=[N+]([O-])[O-].[Cu+2].c1ccc(-c2ncc[nH]2)cc1.c1ccc(-c2ncc[nH]2)cc1.c1ccc(-c2ncc[nH]2)cc1.c1ccc(-c2ncc[nH]2)cc1. The van der Waals surface area contributed by atoms with E-state index in [2.05, 4.69) is 39.9 Å². The van der Waals surface area contributed by atoms with Gasteiger partial charge in [0, 0.05) is 71.8 Å². The van der Waals surface area contributed by atoms with Crippen molar-refractivity contribution in [1.29, 1.82) is 0 Å². The van der Waals surface area contributed by atoms with E-state index >= 15 is 0 Å². The molecule has 0 aliphatic heterocycles. The van der Waals surface area contributed by atoms with E-state index in [1.807, 2.05) is 146 Å². The topological polar surface area (TPSA) is 247 Å². The molecule has 0 aliphatic rings. The minimum absolute atomic E-state index is 0. The Hall–Kier alpha value is -7.36. The van der Waals surface area contributed by atoms with Crippen LogP contribution in [0.15, 0.2) is 171 Å². The van der Waals surface area contributed by atoms with Crippen molar-refractivity contribution in [2.24, 2.45) is 0 Å². The summed E-state index contributed by atoms with van der Waals surface area (Å²) in [5, 5.41) is 29.5.